The molecule has 0 saturated carbocycles. The van der Waals surface area contributed by atoms with Gasteiger partial charge in [-0.25, -0.2) is 8.42 Å². The highest BCUT2D eigenvalue weighted by molar-refractivity contribution is 7.91. The number of Topliss-reactive ketones (excluding diaryl/α,β-unsaturated/α-hetero) is 1. The van der Waals surface area contributed by atoms with Crippen LogP contribution in [0.25, 0.3) is 0 Å². The first-order chi connectivity index (χ1) is 8.01. The van der Waals surface area contributed by atoms with E-state index < -0.39 is 10.0 Å². The van der Waals surface area contributed by atoms with E-state index in [0.29, 0.717) is 17.2 Å². The molecule has 2 rings (SSSR count). The van der Waals surface area contributed by atoms with Gasteiger partial charge < -0.3 is 0 Å². The predicted molar refractivity (Wildman–Crippen MR) is 66.5 cm³/mol. The van der Waals surface area contributed by atoms with Crippen molar-refractivity contribution in [3.8, 4) is 0 Å². The molecular weight excluding hydrogens is 258 g/mol. The lowest BCUT2D eigenvalue weighted by molar-refractivity contribution is -0.117. The number of rotatable bonds is 4. The Morgan fingerprint density at radius 2 is 2.35 bits per heavy atom. The van der Waals surface area contributed by atoms with E-state index in [1.807, 2.05) is 0 Å². The minimum Gasteiger partial charge on any atom is -0.300 e. The fourth-order valence-electron chi connectivity index (χ4n) is 2.19. The summed E-state index contributed by atoms with van der Waals surface area (Å²) in [5.41, 5.74) is 0. The molecule has 1 aromatic heterocycles. The average Bonchev–Trinajstić information content (AvgIpc) is 2.85. The molecule has 1 aliphatic rings. The molecule has 0 aliphatic carbocycles. The van der Waals surface area contributed by atoms with Gasteiger partial charge in [0.05, 0.1) is 0 Å². The molecule has 1 unspecified atom stereocenters. The van der Waals surface area contributed by atoms with Crippen molar-refractivity contribution in [2.24, 2.45) is 0 Å². The molecule has 6 heteroatoms. The third-order valence-electron chi connectivity index (χ3n) is 2.90. The molecule has 0 radical (unpaired) electrons. The Hall–Kier alpha value is -0.720. The number of sulfonamides is 1. The van der Waals surface area contributed by atoms with Crippen molar-refractivity contribution in [2.45, 2.75) is 36.4 Å². The fourth-order valence-corrected chi connectivity index (χ4v) is 5.00. The summed E-state index contributed by atoms with van der Waals surface area (Å²) in [4.78, 5) is 11.1. The van der Waals surface area contributed by atoms with Crippen LogP contribution in [0, 0.1) is 0 Å². The third kappa shape index (κ3) is 2.59. The van der Waals surface area contributed by atoms with E-state index in [1.165, 1.54) is 22.6 Å². The van der Waals surface area contributed by atoms with E-state index in [4.69, 9.17) is 0 Å². The number of carbonyl (C=O) groups excluding carboxylic acids is 1. The van der Waals surface area contributed by atoms with Gasteiger partial charge in [0.2, 0.25) is 0 Å². The smallest absolute Gasteiger partial charge is 0.252 e. The van der Waals surface area contributed by atoms with Crippen LogP contribution in [-0.2, 0) is 14.8 Å². The highest BCUT2D eigenvalue weighted by atomic mass is 32.2. The van der Waals surface area contributed by atoms with Crippen molar-refractivity contribution in [3.63, 3.8) is 0 Å². The standard InChI is InChI=1S/C11H15NO3S2/c1-9(13)8-10-4-2-6-12(10)17(14,15)11-5-3-7-16-11/h3,5,7,10H,2,4,6,8H2,1H3. The first kappa shape index (κ1) is 12.7. The van der Waals surface area contributed by atoms with E-state index in [-0.39, 0.29) is 11.8 Å². The van der Waals surface area contributed by atoms with Gasteiger partial charge >= 0.3 is 0 Å². The molecule has 2 heterocycles. The van der Waals surface area contributed by atoms with Gasteiger partial charge in [-0.1, -0.05) is 6.07 Å². The zero-order chi connectivity index (χ0) is 12.5. The Labute approximate surface area is 105 Å². The van der Waals surface area contributed by atoms with E-state index in [1.54, 1.807) is 17.5 Å². The molecular formula is C11H15NO3S2. The number of thiophene rings is 1. The highest BCUT2D eigenvalue weighted by Crippen LogP contribution is 2.29. The number of nitrogens with zero attached hydrogens (tertiary/aromatic N) is 1. The van der Waals surface area contributed by atoms with Crippen LogP contribution in [0.4, 0.5) is 0 Å². The number of carbonyl (C=O) groups is 1. The SMILES string of the molecule is CC(=O)CC1CCCN1S(=O)(=O)c1cccs1. The van der Waals surface area contributed by atoms with Crippen molar-refractivity contribution < 1.29 is 13.2 Å². The molecule has 1 aromatic rings. The van der Waals surface area contributed by atoms with E-state index in [2.05, 4.69) is 0 Å². The first-order valence-corrected chi connectivity index (χ1v) is 7.88. The van der Waals surface area contributed by atoms with Gasteiger partial charge in [-0.3, -0.25) is 4.79 Å². The van der Waals surface area contributed by atoms with Crippen LogP contribution in [0.2, 0.25) is 0 Å². The summed E-state index contributed by atoms with van der Waals surface area (Å²) in [7, 11) is -3.39. The molecule has 1 aliphatic heterocycles. The van der Waals surface area contributed by atoms with E-state index >= 15 is 0 Å². The largest absolute Gasteiger partial charge is 0.300 e. The molecule has 0 spiro atoms. The first-order valence-electron chi connectivity index (χ1n) is 5.56. The van der Waals surface area contributed by atoms with Crippen molar-refractivity contribution in [1.29, 1.82) is 0 Å². The Bertz CT molecular complexity index is 493. The molecule has 4 nitrogen and oxygen atoms in total. The van der Waals surface area contributed by atoms with Gasteiger partial charge in [-0.05, 0) is 31.2 Å². The second kappa shape index (κ2) is 4.88. The maximum atomic E-state index is 12.3. The highest BCUT2D eigenvalue weighted by Gasteiger charge is 2.36. The molecule has 0 amide bonds. The minimum atomic E-state index is -3.39. The average molecular weight is 273 g/mol. The zero-order valence-corrected chi connectivity index (χ0v) is 11.3. The topological polar surface area (TPSA) is 54.5 Å². The number of ketones is 1. The number of hydrogen-bond donors (Lipinski definition) is 0. The summed E-state index contributed by atoms with van der Waals surface area (Å²) in [5.74, 6) is 0.0447. The van der Waals surface area contributed by atoms with E-state index in [9.17, 15) is 13.2 Å². The van der Waals surface area contributed by atoms with E-state index in [0.717, 1.165) is 12.8 Å². The van der Waals surface area contributed by atoms with Crippen LogP contribution >= 0.6 is 11.3 Å². The van der Waals surface area contributed by atoms with Crippen LogP contribution in [0.1, 0.15) is 26.2 Å². The number of hydrogen-bond acceptors (Lipinski definition) is 4. The van der Waals surface area contributed by atoms with Gasteiger partial charge in [0.15, 0.2) is 0 Å². The summed E-state index contributed by atoms with van der Waals surface area (Å²) in [6.45, 7) is 2.03. The van der Waals surface area contributed by atoms with Crippen molar-refractivity contribution in [3.05, 3.63) is 17.5 Å². The van der Waals surface area contributed by atoms with Crippen LogP contribution in [0.3, 0.4) is 0 Å². The van der Waals surface area contributed by atoms with Crippen LogP contribution in [0.5, 0.6) is 0 Å². The lowest BCUT2D eigenvalue weighted by atomic mass is 10.1. The van der Waals surface area contributed by atoms with Gasteiger partial charge in [-0.2, -0.15) is 4.31 Å². The van der Waals surface area contributed by atoms with Crippen molar-refractivity contribution >= 4 is 27.1 Å². The molecule has 1 fully saturated rings. The molecule has 17 heavy (non-hydrogen) atoms. The van der Waals surface area contributed by atoms with Gasteiger partial charge in [0.25, 0.3) is 10.0 Å². The van der Waals surface area contributed by atoms with Crippen molar-refractivity contribution in [2.75, 3.05) is 6.54 Å². The Morgan fingerprint density at radius 1 is 1.59 bits per heavy atom. The molecule has 0 N–H and O–H groups in total. The monoisotopic (exact) mass is 273 g/mol. The second-order valence-corrected chi connectivity index (χ2v) is 7.32. The van der Waals surface area contributed by atoms with Gasteiger partial charge in [-0.15, -0.1) is 11.3 Å². The predicted octanol–water partition coefficient (Wildman–Crippen LogP) is 1.88. The van der Waals surface area contributed by atoms with Crippen molar-refractivity contribution in [1.82, 2.24) is 4.31 Å². The zero-order valence-electron chi connectivity index (χ0n) is 9.63. The van der Waals surface area contributed by atoms with Gasteiger partial charge in [0, 0.05) is 19.0 Å². The molecule has 1 saturated heterocycles. The molecule has 94 valence electrons. The molecule has 0 bridgehead atoms. The Morgan fingerprint density at radius 3 is 2.94 bits per heavy atom. The lowest BCUT2D eigenvalue weighted by Gasteiger charge is -2.22. The lowest BCUT2D eigenvalue weighted by Crippen LogP contribution is -2.36. The summed E-state index contributed by atoms with van der Waals surface area (Å²) < 4.78 is 26.5. The summed E-state index contributed by atoms with van der Waals surface area (Å²) in [6, 6.07) is 3.19. The van der Waals surface area contributed by atoms with Crippen LogP contribution < -0.4 is 0 Å². The van der Waals surface area contributed by atoms with Gasteiger partial charge in [0.1, 0.15) is 9.99 Å². The summed E-state index contributed by atoms with van der Waals surface area (Å²) in [6.07, 6.45) is 1.94. The van der Waals surface area contributed by atoms with Crippen LogP contribution in [-0.4, -0.2) is 31.1 Å². The normalized spacial score (nSPS) is 21.8. The second-order valence-electron chi connectivity index (χ2n) is 4.25. The fraction of sp³-hybridized carbons (Fsp3) is 0.545. The Balaban J connectivity index is 2.24. The maximum absolute atomic E-state index is 12.3. The minimum absolute atomic E-state index is 0.0447. The molecule has 0 aromatic carbocycles. The summed E-state index contributed by atoms with van der Waals surface area (Å²) in [5, 5.41) is 1.75. The quantitative estimate of drug-likeness (QED) is 0.841. The third-order valence-corrected chi connectivity index (χ3v) is 6.23. The summed E-state index contributed by atoms with van der Waals surface area (Å²) >= 11 is 1.22. The maximum Gasteiger partial charge on any atom is 0.252 e. The Kier molecular flexibility index (Phi) is 3.65. The van der Waals surface area contributed by atoms with Crippen LogP contribution in [0.15, 0.2) is 21.7 Å². The molecule has 1 atom stereocenters.